The van der Waals surface area contributed by atoms with E-state index < -0.39 is 120 Å². The highest BCUT2D eigenvalue weighted by Gasteiger charge is 2.40. The molecule has 0 saturated carbocycles. The van der Waals surface area contributed by atoms with Crippen LogP contribution in [0.2, 0.25) is 0 Å². The number of hydrogen-bond donors (Lipinski definition) is 11. The summed E-state index contributed by atoms with van der Waals surface area (Å²) in [5, 5.41) is 32.3. The molecule has 2 rings (SSSR count). The minimum atomic E-state index is -1.63. The molecule has 10 atom stereocenters. The van der Waals surface area contributed by atoms with Crippen molar-refractivity contribution in [1.82, 2.24) is 57.2 Å². The standard InChI is InChI=1S/C51H92N14O11/c1-11-19-35(57-49(75)43(33(8)66)62-48(74)42(32(7)13-3)61-46(72)40(30(4)5)59-38(68)28-56-39(69)29-63(10)34(9)67)44(70)60-41(31(6)12-2)47(73)58-36(20-17-22-55-51(52)53)50(76)65-26-18-21-37(65)45(71)54-23-27-64-24-15-14-16-25-64/h30-33,35-37,40-43,66H,11-29H2,1-10H3,(H,54,71)(H,56,69)(H,57,75)(H,58,73)(H,59,68)(H,60,70)(H,61,72)(H,62,74)(H4,52,53,55)/t31-,32-,33+,35-,36-,37-,40-,41-,42+,43-/m0/s1. The summed E-state index contributed by atoms with van der Waals surface area (Å²) in [5.41, 5.74) is 11.1. The Morgan fingerprint density at radius 3 is 1.76 bits per heavy atom. The monoisotopic (exact) mass is 1080 g/mol. The fourth-order valence-electron chi connectivity index (χ4n) is 8.85. The van der Waals surface area contributed by atoms with Gasteiger partial charge in [-0.25, -0.2) is 0 Å². The number of hydrogen-bond acceptors (Lipinski definition) is 13. The van der Waals surface area contributed by atoms with Gasteiger partial charge in [0, 0.05) is 40.2 Å². The van der Waals surface area contributed by atoms with Gasteiger partial charge in [-0.15, -0.1) is 0 Å². The first-order chi connectivity index (χ1) is 35.9. The summed E-state index contributed by atoms with van der Waals surface area (Å²) < 4.78 is 0. The topological polar surface area (TPSA) is 361 Å². The summed E-state index contributed by atoms with van der Waals surface area (Å²) in [6.07, 6.45) is 4.66. The van der Waals surface area contributed by atoms with Crippen molar-refractivity contribution in [3.05, 3.63) is 0 Å². The maximum atomic E-state index is 14.4. The number of carbonyl (C=O) groups excluding carboxylic acids is 10. The van der Waals surface area contributed by atoms with E-state index in [4.69, 9.17) is 11.5 Å². The van der Waals surface area contributed by atoms with E-state index in [9.17, 15) is 53.1 Å². The van der Waals surface area contributed by atoms with Crippen LogP contribution in [-0.2, 0) is 47.9 Å². The number of piperidine rings is 1. The Hall–Kier alpha value is -6.11. The molecular formula is C51H92N14O11. The number of nitrogens with two attached hydrogens (primary N) is 2. The number of likely N-dealkylation sites (N-methyl/N-ethyl adjacent to an activating group) is 1. The fourth-order valence-corrected chi connectivity index (χ4v) is 8.85. The quantitative estimate of drug-likeness (QED) is 0.0199. The van der Waals surface area contributed by atoms with Crippen molar-refractivity contribution in [2.75, 3.05) is 59.4 Å². The molecule has 2 saturated heterocycles. The van der Waals surface area contributed by atoms with Crippen LogP contribution in [0.5, 0.6) is 0 Å². The Morgan fingerprint density at radius 2 is 1.21 bits per heavy atom. The van der Waals surface area contributed by atoms with E-state index in [1.165, 1.54) is 32.2 Å². The first-order valence-electron chi connectivity index (χ1n) is 27.2. The zero-order valence-electron chi connectivity index (χ0n) is 46.8. The third kappa shape index (κ3) is 22.2. The number of guanidine groups is 1. The van der Waals surface area contributed by atoms with Crippen LogP contribution in [0.1, 0.15) is 133 Å². The van der Waals surface area contributed by atoms with Crippen LogP contribution >= 0.6 is 0 Å². The maximum Gasteiger partial charge on any atom is 0.245 e. The maximum absolute atomic E-state index is 14.4. The number of aliphatic imine (C=N–C) groups is 1. The predicted octanol–water partition coefficient (Wildman–Crippen LogP) is -1.93. The van der Waals surface area contributed by atoms with Gasteiger partial charge < -0.3 is 73.8 Å². The van der Waals surface area contributed by atoms with Crippen molar-refractivity contribution in [2.24, 2.45) is 34.2 Å². The molecular weight excluding hydrogens is 985 g/mol. The van der Waals surface area contributed by atoms with Crippen LogP contribution in [0.15, 0.2) is 4.99 Å². The lowest BCUT2D eigenvalue weighted by Gasteiger charge is -2.32. The van der Waals surface area contributed by atoms with E-state index in [1.54, 1.807) is 41.5 Å². The second kappa shape index (κ2) is 33.8. The molecule has 0 unspecified atom stereocenters. The summed E-state index contributed by atoms with van der Waals surface area (Å²) in [7, 11) is 1.42. The second-order valence-electron chi connectivity index (χ2n) is 20.7. The van der Waals surface area contributed by atoms with Crippen molar-refractivity contribution in [3.63, 3.8) is 0 Å². The number of rotatable bonds is 32. The van der Waals surface area contributed by atoms with E-state index in [0.29, 0.717) is 58.2 Å². The van der Waals surface area contributed by atoms with Gasteiger partial charge in [-0.3, -0.25) is 52.9 Å². The zero-order chi connectivity index (χ0) is 57.2. The Bertz CT molecular complexity index is 1980. The molecule has 0 aromatic carbocycles. The van der Waals surface area contributed by atoms with Crippen molar-refractivity contribution in [3.8, 4) is 0 Å². The van der Waals surface area contributed by atoms with Crippen LogP contribution in [-0.4, -0.2) is 193 Å². The van der Waals surface area contributed by atoms with Gasteiger partial charge >= 0.3 is 0 Å². The highest BCUT2D eigenvalue weighted by molar-refractivity contribution is 5.98. The number of carbonyl (C=O) groups is 10. The molecule has 25 nitrogen and oxygen atoms in total. The largest absolute Gasteiger partial charge is 0.391 e. The van der Waals surface area contributed by atoms with Gasteiger partial charge in [-0.05, 0) is 82.7 Å². The Balaban J connectivity index is 2.27. The predicted molar refractivity (Wildman–Crippen MR) is 286 cm³/mol. The Kier molecular flexibility index (Phi) is 29.4. The normalized spacial score (nSPS) is 18.2. The molecule has 13 N–H and O–H groups in total. The molecule has 0 bridgehead atoms. The van der Waals surface area contributed by atoms with E-state index >= 15 is 0 Å². The van der Waals surface area contributed by atoms with Gasteiger partial charge in [0.25, 0.3) is 0 Å². The minimum absolute atomic E-state index is 0.0856. The van der Waals surface area contributed by atoms with Gasteiger partial charge in [-0.2, -0.15) is 0 Å². The van der Waals surface area contributed by atoms with Crippen molar-refractivity contribution >= 4 is 65.0 Å². The lowest BCUT2D eigenvalue weighted by molar-refractivity contribution is -0.142. The third-order valence-electron chi connectivity index (χ3n) is 14.1. The molecule has 76 heavy (non-hydrogen) atoms. The van der Waals surface area contributed by atoms with E-state index in [-0.39, 0.29) is 43.7 Å². The first-order valence-corrected chi connectivity index (χ1v) is 27.2. The highest BCUT2D eigenvalue weighted by Crippen LogP contribution is 2.21. The molecule has 2 aliphatic rings. The van der Waals surface area contributed by atoms with E-state index in [1.807, 2.05) is 6.92 Å². The highest BCUT2D eigenvalue weighted by atomic mass is 16.3. The lowest BCUT2D eigenvalue weighted by atomic mass is 9.95. The average molecular weight is 1080 g/mol. The molecule has 432 valence electrons. The third-order valence-corrected chi connectivity index (χ3v) is 14.1. The number of nitrogens with one attached hydrogen (secondary N) is 8. The summed E-state index contributed by atoms with van der Waals surface area (Å²) >= 11 is 0. The Labute approximate surface area is 449 Å². The van der Waals surface area contributed by atoms with E-state index in [2.05, 4.69) is 52.4 Å². The van der Waals surface area contributed by atoms with Gasteiger partial charge in [-0.1, -0.05) is 74.1 Å². The second-order valence-corrected chi connectivity index (χ2v) is 20.7. The van der Waals surface area contributed by atoms with Crippen LogP contribution in [0.25, 0.3) is 0 Å². The molecule has 2 heterocycles. The van der Waals surface area contributed by atoms with Gasteiger partial charge in [0.1, 0.15) is 42.3 Å². The number of nitrogens with zero attached hydrogens (tertiary/aromatic N) is 4. The molecule has 0 aliphatic carbocycles. The first kappa shape index (κ1) is 66.0. The van der Waals surface area contributed by atoms with Crippen LogP contribution in [0, 0.1) is 17.8 Å². The molecule has 10 amide bonds. The SMILES string of the molecule is CCC[C@H](NC(=O)[C@@H](NC(=O)[C@H](NC(=O)[C@@H](NC(=O)CNC(=O)CN(C)C(C)=O)C(C)C)[C@@H](C)CC)[C@@H](C)O)C(=O)N[C@H](C(=O)N[C@@H](CCCN=C(N)N)C(=O)N1CCC[C@H]1C(=O)NCCN1CCCCC1)[C@@H](C)CC. The lowest BCUT2D eigenvalue weighted by Crippen LogP contribution is -2.63. The van der Waals surface area contributed by atoms with E-state index in [0.717, 1.165) is 30.8 Å². The number of aliphatic hydroxyl groups excluding tert-OH is 1. The van der Waals surface area contributed by atoms with Crippen molar-refractivity contribution in [1.29, 1.82) is 0 Å². The summed E-state index contributed by atoms with van der Waals surface area (Å²) in [6, 6.07) is -8.35. The molecule has 2 aliphatic heterocycles. The van der Waals surface area contributed by atoms with Crippen molar-refractivity contribution in [2.45, 2.75) is 181 Å². The number of likely N-dealkylation sites (tertiary alicyclic amines) is 2. The van der Waals surface area contributed by atoms with Gasteiger partial charge in [0.2, 0.25) is 59.1 Å². The summed E-state index contributed by atoms with van der Waals surface area (Å²) in [6.45, 7) is 17.5. The smallest absolute Gasteiger partial charge is 0.245 e. The fraction of sp³-hybridized carbons (Fsp3) is 0.784. The number of amides is 10. The molecule has 0 spiro atoms. The zero-order valence-corrected chi connectivity index (χ0v) is 46.8. The van der Waals surface area contributed by atoms with Crippen LogP contribution in [0.3, 0.4) is 0 Å². The van der Waals surface area contributed by atoms with Crippen molar-refractivity contribution < 1.29 is 53.1 Å². The Morgan fingerprint density at radius 1 is 0.658 bits per heavy atom. The van der Waals surface area contributed by atoms with Crippen LogP contribution < -0.4 is 54.0 Å². The molecule has 0 aromatic rings. The summed E-state index contributed by atoms with van der Waals surface area (Å²) in [5.74, 6) is -7.88. The molecule has 2 fully saturated rings. The van der Waals surface area contributed by atoms with Crippen LogP contribution in [0.4, 0.5) is 0 Å². The molecule has 25 heteroatoms. The minimum Gasteiger partial charge on any atom is -0.391 e. The molecule has 0 aromatic heterocycles. The molecule has 0 radical (unpaired) electrons. The van der Waals surface area contributed by atoms with Gasteiger partial charge in [0.15, 0.2) is 5.96 Å². The summed E-state index contributed by atoms with van der Waals surface area (Å²) in [4.78, 5) is 144. The average Bonchev–Trinajstić information content (AvgIpc) is 3.87. The number of aliphatic hydroxyl groups is 1. The van der Waals surface area contributed by atoms with Gasteiger partial charge in [0.05, 0.1) is 19.2 Å².